The third kappa shape index (κ3) is 2.84. The predicted octanol–water partition coefficient (Wildman–Crippen LogP) is 2.11. The highest BCUT2D eigenvalue weighted by Gasteiger charge is 2.26. The highest BCUT2D eigenvalue weighted by Crippen LogP contribution is 2.28. The fourth-order valence-electron chi connectivity index (χ4n) is 3.27. The van der Waals surface area contributed by atoms with Gasteiger partial charge in [-0.15, -0.1) is 0 Å². The van der Waals surface area contributed by atoms with Crippen LogP contribution in [0.1, 0.15) is 38.4 Å². The monoisotopic (exact) mass is 337 g/mol. The molecule has 1 aromatic carbocycles. The molecular formula is C19H19N3O3. The second-order valence-electron chi connectivity index (χ2n) is 6.31. The molecular weight excluding hydrogens is 318 g/mol. The van der Waals surface area contributed by atoms with Crippen LogP contribution >= 0.6 is 0 Å². The zero-order valence-corrected chi connectivity index (χ0v) is 14.0. The average molecular weight is 337 g/mol. The van der Waals surface area contributed by atoms with Crippen LogP contribution in [0, 0.1) is 6.92 Å². The summed E-state index contributed by atoms with van der Waals surface area (Å²) in [7, 11) is 0. The molecule has 2 aromatic rings. The van der Waals surface area contributed by atoms with Gasteiger partial charge < -0.3 is 10.1 Å². The van der Waals surface area contributed by atoms with Crippen molar-refractivity contribution in [3.63, 3.8) is 0 Å². The number of aromatic nitrogens is 1. The van der Waals surface area contributed by atoms with Gasteiger partial charge in [0.15, 0.2) is 0 Å². The van der Waals surface area contributed by atoms with Gasteiger partial charge in [0.1, 0.15) is 18.2 Å². The van der Waals surface area contributed by atoms with Crippen molar-refractivity contribution in [3.05, 3.63) is 52.7 Å². The number of fused-ring (bicyclic) bond motifs is 2. The maximum absolute atomic E-state index is 13.1. The number of hydrogen-bond acceptors (Lipinski definition) is 4. The van der Waals surface area contributed by atoms with Crippen LogP contribution in [0.4, 0.5) is 5.82 Å². The fourth-order valence-corrected chi connectivity index (χ4v) is 3.27. The second-order valence-corrected chi connectivity index (χ2v) is 6.31. The minimum absolute atomic E-state index is 0.140. The Bertz CT molecular complexity index is 863. The van der Waals surface area contributed by atoms with Crippen molar-refractivity contribution in [1.29, 1.82) is 0 Å². The van der Waals surface area contributed by atoms with E-state index >= 15 is 0 Å². The van der Waals surface area contributed by atoms with Gasteiger partial charge in [-0.1, -0.05) is 6.07 Å². The van der Waals surface area contributed by atoms with E-state index in [1.54, 1.807) is 23.1 Å². The van der Waals surface area contributed by atoms with Crippen molar-refractivity contribution in [3.8, 4) is 5.75 Å². The number of carbonyl (C=O) groups excluding carboxylic acids is 2. The van der Waals surface area contributed by atoms with E-state index in [0.29, 0.717) is 36.6 Å². The number of anilines is 1. The van der Waals surface area contributed by atoms with Crippen LogP contribution < -0.4 is 15.0 Å². The lowest BCUT2D eigenvalue weighted by atomic mass is 10.0. The summed E-state index contributed by atoms with van der Waals surface area (Å²) < 4.78 is 5.55. The summed E-state index contributed by atoms with van der Waals surface area (Å²) in [5.74, 6) is 0.889. The number of hydrogen-bond donors (Lipinski definition) is 1. The summed E-state index contributed by atoms with van der Waals surface area (Å²) in [5.41, 5.74) is 2.84. The zero-order valence-electron chi connectivity index (χ0n) is 14.0. The van der Waals surface area contributed by atoms with Gasteiger partial charge in [0.2, 0.25) is 0 Å². The van der Waals surface area contributed by atoms with E-state index in [-0.39, 0.29) is 11.8 Å². The van der Waals surface area contributed by atoms with Gasteiger partial charge in [-0.05, 0) is 49.6 Å². The van der Waals surface area contributed by atoms with E-state index in [2.05, 4.69) is 10.3 Å². The van der Waals surface area contributed by atoms with E-state index in [1.165, 1.54) is 0 Å². The molecule has 3 heterocycles. The molecule has 2 amide bonds. The molecule has 0 saturated heterocycles. The molecule has 2 aliphatic rings. The maximum Gasteiger partial charge on any atom is 0.259 e. The van der Waals surface area contributed by atoms with Crippen molar-refractivity contribution in [1.82, 2.24) is 10.3 Å². The number of ether oxygens (including phenoxy) is 1. The molecule has 0 fully saturated rings. The zero-order chi connectivity index (χ0) is 17.4. The fraction of sp³-hybridized carbons (Fsp3) is 0.316. The van der Waals surface area contributed by atoms with Crippen LogP contribution in [0.3, 0.4) is 0 Å². The number of benzene rings is 1. The van der Waals surface area contributed by atoms with Gasteiger partial charge in [0, 0.05) is 17.8 Å². The lowest BCUT2D eigenvalue weighted by Gasteiger charge is -2.28. The molecule has 0 aliphatic carbocycles. The first-order valence-corrected chi connectivity index (χ1v) is 8.47. The van der Waals surface area contributed by atoms with Crippen LogP contribution in [-0.2, 0) is 6.42 Å². The summed E-state index contributed by atoms with van der Waals surface area (Å²) in [6.45, 7) is 3.43. The molecule has 6 nitrogen and oxygen atoms in total. The lowest BCUT2D eigenvalue weighted by molar-refractivity contribution is 0.0957. The first-order valence-electron chi connectivity index (χ1n) is 8.47. The molecule has 2 aliphatic heterocycles. The van der Waals surface area contributed by atoms with Gasteiger partial charge >= 0.3 is 0 Å². The number of nitrogens with zero attached hydrogens (tertiary/aromatic N) is 2. The number of rotatable bonds is 1. The molecule has 0 saturated carbocycles. The molecule has 0 unspecified atom stereocenters. The van der Waals surface area contributed by atoms with Crippen LogP contribution in [0.15, 0.2) is 30.3 Å². The summed E-state index contributed by atoms with van der Waals surface area (Å²) in [6.07, 6.45) is 1.82. The molecule has 0 radical (unpaired) electrons. The average Bonchev–Trinajstić information content (AvgIpc) is 2.82. The smallest absolute Gasteiger partial charge is 0.259 e. The summed E-state index contributed by atoms with van der Waals surface area (Å²) in [5, 5.41) is 2.77. The largest absolute Gasteiger partial charge is 0.491 e. The van der Waals surface area contributed by atoms with E-state index in [4.69, 9.17) is 4.74 Å². The normalized spacial score (nSPS) is 16.2. The molecule has 6 heteroatoms. The molecule has 1 N–H and O–H groups in total. The predicted molar refractivity (Wildman–Crippen MR) is 93.2 cm³/mol. The minimum atomic E-state index is -0.213. The molecule has 0 atom stereocenters. The van der Waals surface area contributed by atoms with Crippen molar-refractivity contribution in [2.24, 2.45) is 0 Å². The number of amides is 2. The Morgan fingerprint density at radius 1 is 1.28 bits per heavy atom. The van der Waals surface area contributed by atoms with Crippen LogP contribution in [-0.4, -0.2) is 36.5 Å². The van der Waals surface area contributed by atoms with Crippen molar-refractivity contribution < 1.29 is 14.3 Å². The first kappa shape index (κ1) is 15.6. The standard InChI is InChI=1S/C19H19N3O3/c1-12-4-5-13-3-2-9-22(17(13)21-12)19(24)14-6-7-16-15(11-14)18(23)20-8-10-25-16/h4-7,11H,2-3,8-10H2,1H3,(H,20,23). The van der Waals surface area contributed by atoms with Gasteiger partial charge in [-0.3, -0.25) is 14.5 Å². The van der Waals surface area contributed by atoms with Crippen LogP contribution in [0.5, 0.6) is 5.75 Å². The second kappa shape index (κ2) is 6.20. The first-order chi connectivity index (χ1) is 12.1. The Morgan fingerprint density at radius 3 is 3.04 bits per heavy atom. The topological polar surface area (TPSA) is 71.5 Å². The molecule has 4 rings (SSSR count). The van der Waals surface area contributed by atoms with E-state index < -0.39 is 0 Å². The third-order valence-corrected chi connectivity index (χ3v) is 4.54. The van der Waals surface area contributed by atoms with Gasteiger partial charge in [-0.25, -0.2) is 4.98 Å². The van der Waals surface area contributed by atoms with Gasteiger partial charge in [0.25, 0.3) is 11.8 Å². The molecule has 25 heavy (non-hydrogen) atoms. The number of carbonyl (C=O) groups is 2. The summed E-state index contributed by atoms with van der Waals surface area (Å²) in [6, 6.07) is 9.03. The van der Waals surface area contributed by atoms with Gasteiger partial charge in [-0.2, -0.15) is 0 Å². The number of pyridine rings is 1. The SMILES string of the molecule is Cc1ccc2c(n1)N(C(=O)c1ccc3c(c1)C(=O)NCCO3)CCC2. The highest BCUT2D eigenvalue weighted by atomic mass is 16.5. The van der Waals surface area contributed by atoms with E-state index in [0.717, 1.165) is 29.9 Å². The Hall–Kier alpha value is -2.89. The Kier molecular flexibility index (Phi) is 3.87. The number of nitrogens with one attached hydrogen (secondary N) is 1. The van der Waals surface area contributed by atoms with E-state index in [1.807, 2.05) is 19.1 Å². The third-order valence-electron chi connectivity index (χ3n) is 4.54. The summed E-state index contributed by atoms with van der Waals surface area (Å²) in [4.78, 5) is 31.5. The molecule has 1 aromatic heterocycles. The molecule has 0 spiro atoms. The Labute approximate surface area is 145 Å². The van der Waals surface area contributed by atoms with Crippen molar-refractivity contribution >= 4 is 17.6 Å². The quantitative estimate of drug-likeness (QED) is 0.865. The van der Waals surface area contributed by atoms with Gasteiger partial charge in [0.05, 0.1) is 12.1 Å². The Balaban J connectivity index is 1.71. The van der Waals surface area contributed by atoms with Crippen molar-refractivity contribution in [2.45, 2.75) is 19.8 Å². The Morgan fingerprint density at radius 2 is 2.16 bits per heavy atom. The van der Waals surface area contributed by atoms with Crippen LogP contribution in [0.2, 0.25) is 0 Å². The molecule has 128 valence electrons. The number of aryl methyl sites for hydroxylation is 2. The van der Waals surface area contributed by atoms with E-state index in [9.17, 15) is 9.59 Å². The minimum Gasteiger partial charge on any atom is -0.491 e. The summed E-state index contributed by atoms with van der Waals surface area (Å²) >= 11 is 0. The maximum atomic E-state index is 13.1. The van der Waals surface area contributed by atoms with Crippen LogP contribution in [0.25, 0.3) is 0 Å². The van der Waals surface area contributed by atoms with Crippen molar-refractivity contribution in [2.75, 3.05) is 24.6 Å². The lowest BCUT2D eigenvalue weighted by Crippen LogP contribution is -2.36. The highest BCUT2D eigenvalue weighted by molar-refractivity contribution is 6.08. The molecule has 0 bridgehead atoms.